The fraction of sp³-hybridized carbons (Fsp3) is 0.182. The van der Waals surface area contributed by atoms with Crippen LogP contribution in [0.4, 0.5) is 10.1 Å². The Bertz CT molecular complexity index is 708. The first-order chi connectivity index (χ1) is 8.81. The third kappa shape index (κ3) is 2.89. The van der Waals surface area contributed by atoms with Gasteiger partial charge in [0.25, 0.3) is 10.0 Å². The van der Waals surface area contributed by atoms with E-state index in [-0.39, 0.29) is 22.0 Å². The van der Waals surface area contributed by atoms with Gasteiger partial charge in [-0.1, -0.05) is 5.16 Å². The number of anilines is 1. The fourth-order valence-corrected chi connectivity index (χ4v) is 3.48. The molecule has 0 aliphatic carbocycles. The number of nitrogens with one attached hydrogen (secondary N) is 1. The summed E-state index contributed by atoms with van der Waals surface area (Å²) in [6.45, 7) is 2.99. The van der Waals surface area contributed by atoms with Gasteiger partial charge in [0.2, 0.25) is 0 Å². The maximum absolute atomic E-state index is 13.7. The highest BCUT2D eigenvalue weighted by molar-refractivity contribution is 14.1. The molecule has 0 aliphatic rings. The van der Waals surface area contributed by atoms with Crippen LogP contribution in [0, 0.1) is 23.2 Å². The minimum atomic E-state index is -3.92. The van der Waals surface area contributed by atoms with E-state index in [1.807, 2.05) is 22.6 Å². The Morgan fingerprint density at radius 2 is 2.05 bits per heavy atom. The summed E-state index contributed by atoms with van der Waals surface area (Å²) in [5.41, 5.74) is 0.122. The van der Waals surface area contributed by atoms with Crippen molar-refractivity contribution in [1.82, 2.24) is 5.16 Å². The summed E-state index contributed by atoms with van der Waals surface area (Å²) in [6.07, 6.45) is 0. The molecule has 1 N–H and O–H groups in total. The van der Waals surface area contributed by atoms with Crippen LogP contribution in [0.25, 0.3) is 0 Å². The molecular weight excluding hydrogens is 386 g/mol. The van der Waals surface area contributed by atoms with Crippen molar-refractivity contribution in [3.8, 4) is 0 Å². The number of hydrogen-bond donors (Lipinski definition) is 1. The van der Waals surface area contributed by atoms with Crippen molar-refractivity contribution in [2.75, 3.05) is 4.72 Å². The Balaban J connectivity index is 2.42. The van der Waals surface area contributed by atoms with E-state index < -0.39 is 15.8 Å². The third-order valence-electron chi connectivity index (χ3n) is 2.41. The van der Waals surface area contributed by atoms with Crippen molar-refractivity contribution in [2.45, 2.75) is 18.7 Å². The monoisotopic (exact) mass is 396 g/mol. The molecule has 0 spiro atoms. The lowest BCUT2D eigenvalue weighted by atomic mass is 10.3. The molecular formula is C11H10FIN2O3S. The molecule has 1 aromatic heterocycles. The predicted molar refractivity (Wildman–Crippen MR) is 75.9 cm³/mol. The smallest absolute Gasteiger partial charge is 0.267 e. The van der Waals surface area contributed by atoms with Gasteiger partial charge >= 0.3 is 0 Å². The Morgan fingerprint density at radius 1 is 1.37 bits per heavy atom. The molecule has 0 saturated heterocycles. The van der Waals surface area contributed by atoms with E-state index in [2.05, 4.69) is 9.88 Å². The highest BCUT2D eigenvalue weighted by Crippen LogP contribution is 2.24. The van der Waals surface area contributed by atoms with Gasteiger partial charge in [0.1, 0.15) is 11.5 Å². The van der Waals surface area contributed by atoms with Gasteiger partial charge in [0.15, 0.2) is 10.7 Å². The minimum absolute atomic E-state index is 0.0644. The lowest BCUT2D eigenvalue weighted by molar-refractivity contribution is 0.390. The third-order valence-corrected chi connectivity index (χ3v) is 4.69. The van der Waals surface area contributed by atoms with Gasteiger partial charge in [-0.3, -0.25) is 4.72 Å². The first-order valence-electron chi connectivity index (χ1n) is 5.22. The molecule has 1 heterocycles. The zero-order valence-electron chi connectivity index (χ0n) is 10.1. The summed E-state index contributed by atoms with van der Waals surface area (Å²) in [7, 11) is -3.92. The van der Waals surface area contributed by atoms with E-state index in [1.54, 1.807) is 6.07 Å². The second kappa shape index (κ2) is 5.08. The Labute approximate surface area is 123 Å². The molecule has 102 valence electrons. The summed E-state index contributed by atoms with van der Waals surface area (Å²) in [5, 5.41) is 3.57. The summed E-state index contributed by atoms with van der Waals surface area (Å²) < 4.78 is 45.6. The number of aryl methyl sites for hydroxylation is 2. The van der Waals surface area contributed by atoms with Gasteiger partial charge in [-0.2, -0.15) is 0 Å². The Morgan fingerprint density at radius 3 is 2.58 bits per heavy atom. The average Bonchev–Trinajstić information content (AvgIpc) is 2.63. The van der Waals surface area contributed by atoms with E-state index in [0.29, 0.717) is 3.57 Å². The maximum atomic E-state index is 13.7. The molecule has 0 fully saturated rings. The quantitative estimate of drug-likeness (QED) is 0.811. The summed E-state index contributed by atoms with van der Waals surface area (Å²) >= 11 is 1.94. The zero-order chi connectivity index (χ0) is 14.2. The van der Waals surface area contributed by atoms with Crippen LogP contribution in [0.3, 0.4) is 0 Å². The number of benzene rings is 1. The van der Waals surface area contributed by atoms with Gasteiger partial charge in [-0.25, -0.2) is 12.8 Å². The van der Waals surface area contributed by atoms with Gasteiger partial charge in [-0.05, 0) is 54.6 Å². The van der Waals surface area contributed by atoms with Crippen LogP contribution in [0.5, 0.6) is 0 Å². The van der Waals surface area contributed by atoms with E-state index in [9.17, 15) is 12.8 Å². The fourth-order valence-electron chi connectivity index (χ4n) is 1.63. The van der Waals surface area contributed by atoms with Crippen molar-refractivity contribution in [3.63, 3.8) is 0 Å². The number of nitrogens with zero attached hydrogens (tertiary/aromatic N) is 1. The van der Waals surface area contributed by atoms with Crippen LogP contribution >= 0.6 is 22.6 Å². The second-order valence-electron chi connectivity index (χ2n) is 3.88. The molecule has 5 nitrogen and oxygen atoms in total. The summed E-state index contributed by atoms with van der Waals surface area (Å²) in [5.74, 6) is -0.474. The number of hydrogen-bond acceptors (Lipinski definition) is 4. The largest absolute Gasteiger partial charge is 0.360 e. The number of halogens is 2. The molecule has 2 aromatic rings. The average molecular weight is 396 g/mol. The van der Waals surface area contributed by atoms with Crippen molar-refractivity contribution >= 4 is 38.3 Å². The van der Waals surface area contributed by atoms with Crippen molar-refractivity contribution in [1.29, 1.82) is 0 Å². The van der Waals surface area contributed by atoms with Crippen LogP contribution in [0.1, 0.15) is 11.5 Å². The van der Waals surface area contributed by atoms with Crippen molar-refractivity contribution in [2.24, 2.45) is 0 Å². The first-order valence-corrected chi connectivity index (χ1v) is 7.78. The number of sulfonamides is 1. The topological polar surface area (TPSA) is 72.2 Å². The van der Waals surface area contributed by atoms with E-state index >= 15 is 0 Å². The first kappa shape index (κ1) is 14.3. The van der Waals surface area contributed by atoms with Gasteiger partial charge in [0.05, 0.1) is 5.69 Å². The van der Waals surface area contributed by atoms with E-state index in [0.717, 1.165) is 0 Å². The normalized spacial score (nSPS) is 11.6. The molecule has 1 aromatic carbocycles. The molecule has 0 unspecified atom stereocenters. The van der Waals surface area contributed by atoms with Crippen molar-refractivity contribution < 1.29 is 17.3 Å². The van der Waals surface area contributed by atoms with Crippen LogP contribution in [-0.4, -0.2) is 13.6 Å². The van der Waals surface area contributed by atoms with Crippen LogP contribution in [0.2, 0.25) is 0 Å². The summed E-state index contributed by atoms with van der Waals surface area (Å²) in [6, 6.07) is 4.22. The highest BCUT2D eigenvalue weighted by Gasteiger charge is 2.25. The molecule has 0 bridgehead atoms. The second-order valence-corrected chi connectivity index (χ2v) is 6.75. The number of rotatable bonds is 3. The maximum Gasteiger partial charge on any atom is 0.267 e. The van der Waals surface area contributed by atoms with Crippen molar-refractivity contribution in [3.05, 3.63) is 39.0 Å². The summed E-state index contributed by atoms with van der Waals surface area (Å²) in [4.78, 5) is -0.0644. The molecule has 0 saturated carbocycles. The standard InChI is InChI=1S/C11H10FIN2O3S/c1-6-11(7(2)18-14-6)19(16,17)15-10-4-3-8(13)5-9(10)12/h3-5,15H,1-2H3. The molecule has 0 amide bonds. The van der Waals surface area contributed by atoms with Gasteiger partial charge < -0.3 is 4.52 Å². The minimum Gasteiger partial charge on any atom is -0.360 e. The Kier molecular flexibility index (Phi) is 3.81. The molecule has 0 atom stereocenters. The molecule has 0 radical (unpaired) electrons. The lowest BCUT2D eigenvalue weighted by Gasteiger charge is -2.08. The molecule has 2 rings (SSSR count). The van der Waals surface area contributed by atoms with Crippen LogP contribution < -0.4 is 4.72 Å². The van der Waals surface area contributed by atoms with Crippen LogP contribution in [-0.2, 0) is 10.0 Å². The lowest BCUT2D eigenvalue weighted by Crippen LogP contribution is -2.15. The Hall–Kier alpha value is -1.16. The number of aromatic nitrogens is 1. The zero-order valence-corrected chi connectivity index (χ0v) is 13.0. The van der Waals surface area contributed by atoms with E-state index in [1.165, 1.54) is 26.0 Å². The van der Waals surface area contributed by atoms with Gasteiger partial charge in [0, 0.05) is 3.57 Å². The molecule has 0 aliphatic heterocycles. The van der Waals surface area contributed by atoms with Crippen LogP contribution in [0.15, 0.2) is 27.6 Å². The van der Waals surface area contributed by atoms with Gasteiger partial charge in [-0.15, -0.1) is 0 Å². The SMILES string of the molecule is Cc1noc(C)c1S(=O)(=O)Nc1ccc(I)cc1F. The predicted octanol–water partition coefficient (Wildman–Crippen LogP) is 2.84. The molecule has 19 heavy (non-hydrogen) atoms. The van der Waals surface area contributed by atoms with E-state index in [4.69, 9.17) is 4.52 Å². The highest BCUT2D eigenvalue weighted by atomic mass is 127. The molecule has 8 heteroatoms.